The molecule has 5 nitrogen and oxygen atoms in total. The van der Waals surface area contributed by atoms with Gasteiger partial charge < -0.3 is 11.5 Å². The summed E-state index contributed by atoms with van der Waals surface area (Å²) in [6.07, 6.45) is 3.54. The second-order valence-corrected chi connectivity index (χ2v) is 5.29. The van der Waals surface area contributed by atoms with Crippen LogP contribution in [-0.2, 0) is 11.3 Å². The Bertz CT molecular complexity index is 491. The van der Waals surface area contributed by atoms with E-state index in [0.717, 1.165) is 24.9 Å². The van der Waals surface area contributed by atoms with Crippen LogP contribution in [-0.4, -0.2) is 33.9 Å². The highest BCUT2D eigenvalue weighted by atomic mass is 32.1. The Morgan fingerprint density at radius 3 is 3.00 bits per heavy atom. The van der Waals surface area contributed by atoms with Crippen molar-refractivity contribution in [2.24, 2.45) is 17.4 Å². The minimum Gasteiger partial charge on any atom is -0.388 e. The van der Waals surface area contributed by atoms with Gasteiger partial charge in [-0.3, -0.25) is 14.7 Å². The highest BCUT2D eigenvalue weighted by molar-refractivity contribution is 7.80. The predicted molar refractivity (Wildman–Crippen MR) is 77.3 cm³/mol. The maximum absolute atomic E-state index is 11.3. The number of amides is 1. The normalized spacial score (nSPS) is 20.1. The van der Waals surface area contributed by atoms with Crippen LogP contribution in [0.15, 0.2) is 18.3 Å². The van der Waals surface area contributed by atoms with E-state index in [-0.39, 0.29) is 11.8 Å². The molecule has 1 aliphatic rings. The summed E-state index contributed by atoms with van der Waals surface area (Å²) in [6.45, 7) is 2.35. The van der Waals surface area contributed by atoms with Crippen molar-refractivity contribution >= 4 is 23.1 Å². The maximum atomic E-state index is 11.3. The standard InChI is InChI=1S/C13H18N4OS/c14-12(18)10-4-2-6-17(8-10)7-9-3-1-5-16-11(9)13(15)19/h1,3,5,10H,2,4,6-8H2,(H2,14,18)(H2,15,19). The molecule has 6 heteroatoms. The SMILES string of the molecule is NC(=O)C1CCCN(Cc2cccnc2C(N)=S)C1. The third-order valence-electron chi connectivity index (χ3n) is 3.43. The van der Waals surface area contributed by atoms with Crippen molar-refractivity contribution in [2.75, 3.05) is 13.1 Å². The quantitative estimate of drug-likeness (QED) is 0.779. The molecule has 1 aromatic heterocycles. The minimum atomic E-state index is -0.217. The molecule has 2 heterocycles. The second kappa shape index (κ2) is 6.08. The van der Waals surface area contributed by atoms with Crippen LogP contribution < -0.4 is 11.5 Å². The van der Waals surface area contributed by atoms with Gasteiger partial charge in [0.15, 0.2) is 0 Å². The minimum absolute atomic E-state index is 0.0568. The van der Waals surface area contributed by atoms with Crippen LogP contribution in [0.25, 0.3) is 0 Å². The Morgan fingerprint density at radius 2 is 2.32 bits per heavy atom. The lowest BCUT2D eigenvalue weighted by atomic mass is 9.97. The number of hydrogen-bond donors (Lipinski definition) is 2. The summed E-state index contributed by atoms with van der Waals surface area (Å²) in [5.41, 5.74) is 12.7. The molecule has 4 N–H and O–H groups in total. The first-order valence-electron chi connectivity index (χ1n) is 6.33. The molecule has 1 saturated heterocycles. The van der Waals surface area contributed by atoms with Crippen molar-refractivity contribution in [3.8, 4) is 0 Å². The van der Waals surface area contributed by atoms with E-state index in [1.165, 1.54) is 0 Å². The van der Waals surface area contributed by atoms with Gasteiger partial charge in [0.2, 0.25) is 5.91 Å². The molecule has 1 atom stereocenters. The van der Waals surface area contributed by atoms with E-state index in [0.29, 0.717) is 23.8 Å². The molecule has 0 aromatic carbocycles. The predicted octanol–water partition coefficient (Wildman–Crippen LogP) is 0.413. The number of nitrogens with two attached hydrogens (primary N) is 2. The molecule has 19 heavy (non-hydrogen) atoms. The Morgan fingerprint density at radius 1 is 1.53 bits per heavy atom. The van der Waals surface area contributed by atoms with E-state index in [1.54, 1.807) is 6.20 Å². The molecule has 2 rings (SSSR count). The number of thiocarbonyl (C=S) groups is 1. The number of carbonyl (C=O) groups excluding carboxylic acids is 1. The van der Waals surface area contributed by atoms with Crippen LogP contribution in [0.5, 0.6) is 0 Å². The first kappa shape index (κ1) is 13.9. The van der Waals surface area contributed by atoms with Gasteiger partial charge in [-0.1, -0.05) is 18.3 Å². The average Bonchev–Trinajstić information content (AvgIpc) is 2.39. The van der Waals surface area contributed by atoms with Gasteiger partial charge >= 0.3 is 0 Å². The molecule has 0 aliphatic carbocycles. The van der Waals surface area contributed by atoms with Crippen molar-refractivity contribution in [1.29, 1.82) is 0 Å². The summed E-state index contributed by atoms with van der Waals surface area (Å²) >= 11 is 5.00. The van der Waals surface area contributed by atoms with Crippen LogP contribution in [0.4, 0.5) is 0 Å². The van der Waals surface area contributed by atoms with E-state index >= 15 is 0 Å². The molecule has 102 valence electrons. The molecule has 1 aliphatic heterocycles. The first-order valence-corrected chi connectivity index (χ1v) is 6.74. The Kier molecular flexibility index (Phi) is 4.44. The van der Waals surface area contributed by atoms with Crippen LogP contribution in [0.3, 0.4) is 0 Å². The second-order valence-electron chi connectivity index (χ2n) is 4.85. The topological polar surface area (TPSA) is 85.2 Å². The average molecular weight is 278 g/mol. The summed E-state index contributed by atoms with van der Waals surface area (Å²) < 4.78 is 0. The van der Waals surface area contributed by atoms with Crippen LogP contribution >= 0.6 is 12.2 Å². The third kappa shape index (κ3) is 3.48. The molecule has 0 bridgehead atoms. The van der Waals surface area contributed by atoms with Crippen LogP contribution in [0, 0.1) is 5.92 Å². The fourth-order valence-corrected chi connectivity index (χ4v) is 2.64. The number of likely N-dealkylation sites (tertiary alicyclic amines) is 1. The molecular weight excluding hydrogens is 260 g/mol. The van der Waals surface area contributed by atoms with Crippen molar-refractivity contribution in [3.05, 3.63) is 29.6 Å². The molecule has 1 amide bonds. The van der Waals surface area contributed by atoms with E-state index in [2.05, 4.69) is 9.88 Å². The summed E-state index contributed by atoms with van der Waals surface area (Å²) in [5, 5.41) is 0. The van der Waals surface area contributed by atoms with Gasteiger partial charge in [-0.05, 0) is 31.0 Å². The van der Waals surface area contributed by atoms with Gasteiger partial charge in [-0.2, -0.15) is 0 Å². The zero-order chi connectivity index (χ0) is 13.8. The van der Waals surface area contributed by atoms with Gasteiger partial charge in [0.1, 0.15) is 10.7 Å². The Labute approximate surface area is 118 Å². The smallest absolute Gasteiger partial charge is 0.221 e. The first-order chi connectivity index (χ1) is 9.08. The van der Waals surface area contributed by atoms with Gasteiger partial charge in [-0.15, -0.1) is 0 Å². The lowest BCUT2D eigenvalue weighted by Crippen LogP contribution is -2.41. The Balaban J connectivity index is 2.09. The fourth-order valence-electron chi connectivity index (χ4n) is 2.46. The maximum Gasteiger partial charge on any atom is 0.221 e. The molecule has 1 fully saturated rings. The molecular formula is C13H18N4OS. The van der Waals surface area contributed by atoms with Crippen LogP contribution in [0.2, 0.25) is 0 Å². The highest BCUT2D eigenvalue weighted by Gasteiger charge is 2.24. The van der Waals surface area contributed by atoms with Gasteiger partial charge in [0.25, 0.3) is 0 Å². The van der Waals surface area contributed by atoms with E-state index in [9.17, 15) is 4.79 Å². The Hall–Kier alpha value is -1.53. The number of hydrogen-bond acceptors (Lipinski definition) is 4. The third-order valence-corrected chi connectivity index (χ3v) is 3.62. The van der Waals surface area contributed by atoms with E-state index in [1.807, 2.05) is 12.1 Å². The fraction of sp³-hybridized carbons (Fsp3) is 0.462. The van der Waals surface area contributed by atoms with Crippen molar-refractivity contribution in [1.82, 2.24) is 9.88 Å². The number of nitrogens with zero attached hydrogens (tertiary/aromatic N) is 2. The van der Waals surface area contributed by atoms with E-state index < -0.39 is 0 Å². The number of carbonyl (C=O) groups is 1. The summed E-state index contributed by atoms with van der Waals surface area (Å²) in [7, 11) is 0. The molecule has 0 spiro atoms. The molecule has 1 unspecified atom stereocenters. The summed E-state index contributed by atoms with van der Waals surface area (Å²) in [4.78, 5) is 18.0. The zero-order valence-corrected chi connectivity index (χ0v) is 11.5. The van der Waals surface area contributed by atoms with Gasteiger partial charge in [0, 0.05) is 19.3 Å². The lowest BCUT2D eigenvalue weighted by Gasteiger charge is -2.31. The van der Waals surface area contributed by atoms with Crippen molar-refractivity contribution < 1.29 is 4.79 Å². The molecule has 0 radical (unpaired) electrons. The van der Waals surface area contributed by atoms with Gasteiger partial charge in [-0.25, -0.2) is 0 Å². The summed E-state index contributed by atoms with van der Waals surface area (Å²) in [5.74, 6) is -0.274. The lowest BCUT2D eigenvalue weighted by molar-refractivity contribution is -0.123. The number of piperidine rings is 1. The molecule has 1 aromatic rings. The zero-order valence-electron chi connectivity index (χ0n) is 10.7. The van der Waals surface area contributed by atoms with Crippen LogP contribution in [0.1, 0.15) is 24.1 Å². The van der Waals surface area contributed by atoms with Crippen molar-refractivity contribution in [2.45, 2.75) is 19.4 Å². The number of rotatable bonds is 4. The number of primary amides is 1. The largest absolute Gasteiger partial charge is 0.388 e. The van der Waals surface area contributed by atoms with E-state index in [4.69, 9.17) is 23.7 Å². The molecule has 0 saturated carbocycles. The number of aromatic nitrogens is 1. The highest BCUT2D eigenvalue weighted by Crippen LogP contribution is 2.19. The monoisotopic (exact) mass is 278 g/mol. The summed E-state index contributed by atoms with van der Waals surface area (Å²) in [6, 6.07) is 3.84. The number of pyridine rings is 1. The van der Waals surface area contributed by atoms with Crippen molar-refractivity contribution in [3.63, 3.8) is 0 Å². The van der Waals surface area contributed by atoms with Gasteiger partial charge in [0.05, 0.1) is 5.92 Å².